The molecule has 0 saturated heterocycles. The van der Waals surface area contributed by atoms with E-state index in [4.69, 9.17) is 4.74 Å². The Kier molecular flexibility index (Phi) is 4.64. The lowest BCUT2D eigenvalue weighted by molar-refractivity contribution is 0.301. The molecule has 106 valence electrons. The summed E-state index contributed by atoms with van der Waals surface area (Å²) in [5.74, 6) is 1.31. The van der Waals surface area contributed by atoms with Crippen LogP contribution in [0.3, 0.4) is 0 Å². The Balaban J connectivity index is 2.17. The number of nitrogens with zero attached hydrogens (tertiary/aromatic N) is 1. The Morgan fingerprint density at radius 3 is 1.95 bits per heavy atom. The Morgan fingerprint density at radius 1 is 1.00 bits per heavy atom. The van der Waals surface area contributed by atoms with Crippen LogP contribution < -0.4 is 9.80 Å². The fourth-order valence-corrected chi connectivity index (χ4v) is 2.05. The van der Waals surface area contributed by atoms with Gasteiger partial charge in [-0.15, -0.1) is 0 Å². The number of ether oxygens (including phenoxy) is 1. The number of rotatable bonds is 5. The first-order chi connectivity index (χ1) is 9.65. The van der Waals surface area contributed by atoms with E-state index in [-0.39, 0.29) is 0 Å². The molecule has 3 nitrogen and oxygen atoms in total. The lowest BCUT2D eigenvalue weighted by Gasteiger charge is -2.18. The minimum Gasteiger partial charge on any atom is -0.497 e. The van der Waals surface area contributed by atoms with Gasteiger partial charge in [0.05, 0.1) is 18.5 Å². The summed E-state index contributed by atoms with van der Waals surface area (Å²) >= 11 is 0. The average Bonchev–Trinajstić information content (AvgIpc) is 2.53. The molecule has 20 heavy (non-hydrogen) atoms. The van der Waals surface area contributed by atoms with Gasteiger partial charge in [0.2, 0.25) is 0 Å². The predicted octanol–water partition coefficient (Wildman–Crippen LogP) is 4.74. The number of benzene rings is 2. The number of hydrogen-bond donors (Lipinski definition) is 1. The van der Waals surface area contributed by atoms with Gasteiger partial charge in [-0.1, -0.05) is 26.0 Å². The Labute approximate surface area is 120 Å². The molecule has 0 heterocycles. The van der Waals surface area contributed by atoms with Crippen LogP contribution in [0, 0.1) is 0 Å². The van der Waals surface area contributed by atoms with E-state index in [0.29, 0.717) is 11.6 Å². The molecular formula is C17H21NO2. The third-order valence-corrected chi connectivity index (χ3v) is 3.64. The zero-order chi connectivity index (χ0) is 14.5. The molecule has 1 N–H and O–H groups in total. The maximum Gasteiger partial charge on any atom is 0.119 e. The minimum atomic E-state index is 0.539. The molecular weight excluding hydrogens is 250 g/mol. The van der Waals surface area contributed by atoms with Crippen molar-refractivity contribution in [3.8, 4) is 5.75 Å². The third-order valence-electron chi connectivity index (χ3n) is 3.64. The molecule has 0 amide bonds. The van der Waals surface area contributed by atoms with Gasteiger partial charge in [-0.2, -0.15) is 0 Å². The van der Waals surface area contributed by atoms with Gasteiger partial charge in [-0.05, 0) is 54.3 Å². The molecule has 0 radical (unpaired) electrons. The predicted molar refractivity (Wildman–Crippen MR) is 82.1 cm³/mol. The summed E-state index contributed by atoms with van der Waals surface area (Å²) in [5, 5.41) is 11.4. The lowest BCUT2D eigenvalue weighted by Crippen LogP contribution is -2.10. The maximum absolute atomic E-state index is 10.2. The normalized spacial score (nSPS) is 12.0. The topological polar surface area (TPSA) is 32.7 Å². The maximum atomic E-state index is 10.2. The highest BCUT2D eigenvalue weighted by Crippen LogP contribution is 2.27. The summed E-state index contributed by atoms with van der Waals surface area (Å²) < 4.78 is 5.11. The standard InChI is InChI=1S/C17H21NO2/c1-4-13(2)14-5-7-15(8-6-14)18(19)16-9-11-17(20-3)12-10-16/h5-13,19H,4H2,1-3H3. The van der Waals surface area contributed by atoms with Gasteiger partial charge in [0, 0.05) is 0 Å². The first-order valence-corrected chi connectivity index (χ1v) is 6.88. The van der Waals surface area contributed by atoms with E-state index < -0.39 is 0 Å². The van der Waals surface area contributed by atoms with Crippen LogP contribution in [-0.2, 0) is 0 Å². The van der Waals surface area contributed by atoms with Gasteiger partial charge in [0.1, 0.15) is 5.75 Å². The number of anilines is 2. The zero-order valence-corrected chi connectivity index (χ0v) is 12.2. The first kappa shape index (κ1) is 14.4. The second-order valence-electron chi connectivity index (χ2n) is 4.91. The SMILES string of the molecule is CCC(C)c1ccc(N(O)c2ccc(OC)cc2)cc1. The van der Waals surface area contributed by atoms with Crippen molar-refractivity contribution in [3.05, 3.63) is 54.1 Å². The third kappa shape index (κ3) is 3.11. The van der Waals surface area contributed by atoms with Crippen LogP contribution in [-0.4, -0.2) is 12.3 Å². The second kappa shape index (κ2) is 6.44. The van der Waals surface area contributed by atoms with E-state index in [1.807, 2.05) is 36.4 Å². The molecule has 0 spiro atoms. The van der Waals surface area contributed by atoms with Crippen molar-refractivity contribution in [2.24, 2.45) is 0 Å². The van der Waals surface area contributed by atoms with Gasteiger partial charge >= 0.3 is 0 Å². The summed E-state index contributed by atoms with van der Waals surface area (Å²) in [6, 6.07) is 15.3. The monoisotopic (exact) mass is 271 g/mol. The fraction of sp³-hybridized carbons (Fsp3) is 0.294. The molecule has 1 unspecified atom stereocenters. The van der Waals surface area contributed by atoms with E-state index in [0.717, 1.165) is 17.9 Å². The van der Waals surface area contributed by atoms with Crippen LogP contribution in [0.2, 0.25) is 0 Å². The molecule has 2 aromatic carbocycles. The number of methoxy groups -OCH3 is 1. The molecule has 0 aromatic heterocycles. The number of hydrogen-bond acceptors (Lipinski definition) is 3. The van der Waals surface area contributed by atoms with Crippen LogP contribution in [0.25, 0.3) is 0 Å². The van der Waals surface area contributed by atoms with E-state index in [1.54, 1.807) is 7.11 Å². The Bertz CT molecular complexity index is 534. The summed E-state index contributed by atoms with van der Waals surface area (Å²) in [6.07, 6.45) is 1.11. The molecule has 0 bridgehead atoms. The van der Waals surface area contributed by atoms with Crippen LogP contribution in [0.4, 0.5) is 11.4 Å². The van der Waals surface area contributed by atoms with Gasteiger partial charge < -0.3 is 4.74 Å². The summed E-state index contributed by atoms with van der Waals surface area (Å²) in [7, 11) is 1.62. The molecule has 2 aromatic rings. The summed E-state index contributed by atoms with van der Waals surface area (Å²) in [4.78, 5) is 0. The molecule has 3 heteroatoms. The van der Waals surface area contributed by atoms with Crippen LogP contribution >= 0.6 is 0 Å². The van der Waals surface area contributed by atoms with Crippen LogP contribution in [0.5, 0.6) is 5.75 Å². The van der Waals surface area contributed by atoms with E-state index in [9.17, 15) is 5.21 Å². The van der Waals surface area contributed by atoms with Crippen molar-refractivity contribution >= 4 is 11.4 Å². The molecule has 0 aliphatic carbocycles. The highest BCUT2D eigenvalue weighted by atomic mass is 16.5. The second-order valence-corrected chi connectivity index (χ2v) is 4.91. The molecule has 1 atom stereocenters. The van der Waals surface area contributed by atoms with Gasteiger partial charge in [-0.25, -0.2) is 5.06 Å². The smallest absolute Gasteiger partial charge is 0.119 e. The molecule has 0 aliphatic heterocycles. The summed E-state index contributed by atoms with van der Waals surface area (Å²) in [5.41, 5.74) is 2.75. The van der Waals surface area contributed by atoms with E-state index >= 15 is 0 Å². The summed E-state index contributed by atoms with van der Waals surface area (Å²) in [6.45, 7) is 4.38. The highest BCUT2D eigenvalue weighted by Gasteiger charge is 2.08. The molecule has 0 fully saturated rings. The lowest BCUT2D eigenvalue weighted by atomic mass is 9.98. The average molecular weight is 271 g/mol. The van der Waals surface area contributed by atoms with E-state index in [2.05, 4.69) is 26.0 Å². The zero-order valence-electron chi connectivity index (χ0n) is 12.2. The molecule has 0 aliphatic rings. The fourth-order valence-electron chi connectivity index (χ4n) is 2.05. The largest absolute Gasteiger partial charge is 0.497 e. The highest BCUT2D eigenvalue weighted by molar-refractivity contribution is 5.61. The van der Waals surface area contributed by atoms with Gasteiger partial charge in [0.15, 0.2) is 0 Å². The Hall–Kier alpha value is -2.00. The van der Waals surface area contributed by atoms with Crippen molar-refractivity contribution in [2.45, 2.75) is 26.2 Å². The van der Waals surface area contributed by atoms with Crippen molar-refractivity contribution in [2.75, 3.05) is 12.2 Å². The first-order valence-electron chi connectivity index (χ1n) is 6.88. The van der Waals surface area contributed by atoms with Crippen LogP contribution in [0.1, 0.15) is 31.7 Å². The van der Waals surface area contributed by atoms with Gasteiger partial charge in [-0.3, -0.25) is 5.21 Å². The van der Waals surface area contributed by atoms with Crippen molar-refractivity contribution in [1.82, 2.24) is 0 Å². The van der Waals surface area contributed by atoms with Crippen molar-refractivity contribution in [3.63, 3.8) is 0 Å². The molecule has 2 rings (SSSR count). The Morgan fingerprint density at radius 2 is 1.50 bits per heavy atom. The quantitative estimate of drug-likeness (QED) is 0.797. The van der Waals surface area contributed by atoms with Crippen molar-refractivity contribution < 1.29 is 9.94 Å². The van der Waals surface area contributed by atoms with Crippen molar-refractivity contribution in [1.29, 1.82) is 0 Å². The van der Waals surface area contributed by atoms with E-state index in [1.165, 1.54) is 10.6 Å². The van der Waals surface area contributed by atoms with Crippen LogP contribution in [0.15, 0.2) is 48.5 Å². The van der Waals surface area contributed by atoms with Gasteiger partial charge in [0.25, 0.3) is 0 Å². The molecule has 0 saturated carbocycles. The minimum absolute atomic E-state index is 0.539.